The largest absolute Gasteiger partial charge is 0.456 e. The van der Waals surface area contributed by atoms with Crippen molar-refractivity contribution >= 4 is 43.1 Å². The molecule has 0 spiro atoms. The van der Waals surface area contributed by atoms with Crippen molar-refractivity contribution in [3.8, 4) is 33.8 Å². The first-order chi connectivity index (χ1) is 16.3. The first-order valence-electron chi connectivity index (χ1n) is 11.4. The topological polar surface area (TPSA) is 9.23 Å². The minimum atomic E-state index is 0.921. The van der Waals surface area contributed by atoms with Crippen LogP contribution in [0.5, 0.6) is 11.5 Å². The van der Waals surface area contributed by atoms with Gasteiger partial charge >= 0.3 is 0 Å². The molecule has 0 radical (unpaired) electrons. The molecule has 1 heterocycles. The lowest BCUT2D eigenvalue weighted by Gasteiger charge is -2.22. The summed E-state index contributed by atoms with van der Waals surface area (Å²) in [4.78, 5) is 0. The van der Waals surface area contributed by atoms with Crippen LogP contribution in [0.25, 0.3) is 65.3 Å². The number of rotatable bonds is 1. The van der Waals surface area contributed by atoms with Crippen LogP contribution < -0.4 is 4.74 Å². The van der Waals surface area contributed by atoms with Crippen LogP contribution in [-0.4, -0.2) is 0 Å². The Morgan fingerprint density at radius 3 is 2.00 bits per heavy atom. The Labute approximate surface area is 190 Å². The van der Waals surface area contributed by atoms with Crippen molar-refractivity contribution in [1.82, 2.24) is 0 Å². The summed E-state index contributed by atoms with van der Waals surface area (Å²) in [6.07, 6.45) is 0. The van der Waals surface area contributed by atoms with Gasteiger partial charge in [0.1, 0.15) is 11.5 Å². The molecule has 1 aliphatic rings. The average Bonchev–Trinajstić information content (AvgIpc) is 2.87. The number of hydrogen-bond acceptors (Lipinski definition) is 1. The lowest BCUT2D eigenvalue weighted by Crippen LogP contribution is -1.97. The van der Waals surface area contributed by atoms with E-state index in [0.29, 0.717) is 0 Å². The molecule has 33 heavy (non-hydrogen) atoms. The van der Waals surface area contributed by atoms with E-state index in [1.54, 1.807) is 0 Å². The molecular formula is C32H18O. The van der Waals surface area contributed by atoms with Crippen LogP contribution in [0.2, 0.25) is 0 Å². The van der Waals surface area contributed by atoms with E-state index in [1.807, 2.05) is 6.07 Å². The second-order valence-electron chi connectivity index (χ2n) is 8.95. The van der Waals surface area contributed by atoms with Gasteiger partial charge in [0.15, 0.2) is 0 Å². The van der Waals surface area contributed by atoms with Crippen molar-refractivity contribution in [3.05, 3.63) is 109 Å². The van der Waals surface area contributed by atoms with Gasteiger partial charge in [0.25, 0.3) is 0 Å². The Hall–Kier alpha value is -4.36. The zero-order valence-electron chi connectivity index (χ0n) is 17.8. The maximum atomic E-state index is 6.24. The second kappa shape index (κ2) is 6.11. The van der Waals surface area contributed by atoms with Crippen molar-refractivity contribution in [2.45, 2.75) is 0 Å². The minimum absolute atomic E-state index is 0.921. The van der Waals surface area contributed by atoms with Gasteiger partial charge in [-0.05, 0) is 78.7 Å². The van der Waals surface area contributed by atoms with Crippen molar-refractivity contribution < 1.29 is 4.74 Å². The van der Waals surface area contributed by atoms with Crippen LogP contribution in [0.4, 0.5) is 0 Å². The molecule has 0 saturated heterocycles. The smallest absolute Gasteiger partial charge is 0.135 e. The Morgan fingerprint density at radius 2 is 1.09 bits per heavy atom. The van der Waals surface area contributed by atoms with E-state index in [9.17, 15) is 0 Å². The third kappa shape index (κ3) is 2.26. The molecule has 0 amide bonds. The summed E-state index contributed by atoms with van der Waals surface area (Å²) in [5.74, 6) is 1.85. The fourth-order valence-electron chi connectivity index (χ4n) is 5.73. The standard InChI is InChI=1S/C32H18O/c1-2-9-28-25(8-1)27-18-23(17-22-7-4-10-29(33-28)31(22)27)24-15-13-21-12-11-19-5-3-6-20-14-16-26(24)32(21)30(19)20/h1-18H. The molecule has 0 aromatic heterocycles. The molecular weight excluding hydrogens is 400 g/mol. The first kappa shape index (κ1) is 17.2. The predicted octanol–water partition coefficient (Wildman–Crippen LogP) is 9.18. The molecule has 0 N–H and O–H groups in total. The maximum Gasteiger partial charge on any atom is 0.135 e. The van der Waals surface area contributed by atoms with Crippen LogP contribution in [0.3, 0.4) is 0 Å². The zero-order valence-corrected chi connectivity index (χ0v) is 17.8. The van der Waals surface area contributed by atoms with Crippen LogP contribution >= 0.6 is 0 Å². The van der Waals surface area contributed by atoms with E-state index in [4.69, 9.17) is 4.74 Å². The van der Waals surface area contributed by atoms with Crippen LogP contribution in [0.1, 0.15) is 0 Å². The average molecular weight is 418 g/mol. The third-order valence-corrected chi connectivity index (χ3v) is 7.18. The molecule has 8 rings (SSSR count). The zero-order chi connectivity index (χ0) is 21.5. The second-order valence-corrected chi connectivity index (χ2v) is 8.95. The maximum absolute atomic E-state index is 6.24. The first-order valence-corrected chi connectivity index (χ1v) is 11.4. The monoisotopic (exact) mass is 418 g/mol. The molecule has 152 valence electrons. The quantitative estimate of drug-likeness (QED) is 0.241. The molecule has 0 aliphatic carbocycles. The summed E-state index contributed by atoms with van der Waals surface area (Å²) in [5.41, 5.74) is 4.91. The van der Waals surface area contributed by atoms with Gasteiger partial charge in [-0.15, -0.1) is 0 Å². The summed E-state index contributed by atoms with van der Waals surface area (Å²) in [7, 11) is 0. The van der Waals surface area contributed by atoms with Gasteiger partial charge in [0.05, 0.1) is 0 Å². The number of hydrogen-bond donors (Lipinski definition) is 0. The number of ether oxygens (including phenoxy) is 1. The van der Waals surface area contributed by atoms with Crippen molar-refractivity contribution in [3.63, 3.8) is 0 Å². The normalized spacial score (nSPS) is 12.5. The lowest BCUT2D eigenvalue weighted by molar-refractivity contribution is 0.487. The Kier molecular flexibility index (Phi) is 3.19. The summed E-state index contributed by atoms with van der Waals surface area (Å²) < 4.78 is 6.24. The fourth-order valence-corrected chi connectivity index (χ4v) is 5.73. The number of benzene rings is 7. The third-order valence-electron chi connectivity index (χ3n) is 7.18. The molecule has 0 saturated carbocycles. The van der Waals surface area contributed by atoms with Crippen molar-refractivity contribution in [1.29, 1.82) is 0 Å². The fraction of sp³-hybridized carbons (Fsp3) is 0. The summed E-state index contributed by atoms with van der Waals surface area (Å²) in [5, 5.41) is 10.3. The highest BCUT2D eigenvalue weighted by Gasteiger charge is 2.21. The Morgan fingerprint density at radius 1 is 0.394 bits per heavy atom. The van der Waals surface area contributed by atoms with Gasteiger partial charge in [-0.3, -0.25) is 0 Å². The minimum Gasteiger partial charge on any atom is -0.456 e. The van der Waals surface area contributed by atoms with Crippen LogP contribution in [0.15, 0.2) is 109 Å². The lowest BCUT2D eigenvalue weighted by atomic mass is 9.87. The molecule has 0 unspecified atom stereocenters. The van der Waals surface area contributed by atoms with Gasteiger partial charge in [0.2, 0.25) is 0 Å². The van der Waals surface area contributed by atoms with Crippen LogP contribution in [0, 0.1) is 0 Å². The van der Waals surface area contributed by atoms with Gasteiger partial charge in [0, 0.05) is 10.9 Å². The van der Waals surface area contributed by atoms with Gasteiger partial charge in [-0.1, -0.05) is 84.9 Å². The highest BCUT2D eigenvalue weighted by Crippen LogP contribution is 2.48. The molecule has 1 nitrogen and oxygen atoms in total. The Balaban J connectivity index is 1.50. The van der Waals surface area contributed by atoms with Crippen molar-refractivity contribution in [2.75, 3.05) is 0 Å². The highest BCUT2D eigenvalue weighted by molar-refractivity contribution is 6.25. The molecule has 0 fully saturated rings. The summed E-state index contributed by atoms with van der Waals surface area (Å²) in [6.45, 7) is 0. The molecule has 7 aromatic carbocycles. The van der Waals surface area contributed by atoms with Crippen LogP contribution in [-0.2, 0) is 0 Å². The van der Waals surface area contributed by atoms with E-state index in [0.717, 1.165) is 17.1 Å². The number of para-hydroxylation sites is 1. The van der Waals surface area contributed by atoms with E-state index in [1.165, 1.54) is 59.8 Å². The molecule has 1 aliphatic heterocycles. The van der Waals surface area contributed by atoms with E-state index < -0.39 is 0 Å². The van der Waals surface area contributed by atoms with E-state index >= 15 is 0 Å². The van der Waals surface area contributed by atoms with Gasteiger partial charge in [-0.2, -0.15) is 0 Å². The molecule has 1 heteroatoms. The molecule has 0 bridgehead atoms. The van der Waals surface area contributed by atoms with Gasteiger partial charge in [-0.25, -0.2) is 0 Å². The van der Waals surface area contributed by atoms with E-state index in [-0.39, 0.29) is 0 Å². The summed E-state index contributed by atoms with van der Waals surface area (Å²) >= 11 is 0. The number of fused-ring (bicyclic) bond motifs is 2. The summed E-state index contributed by atoms with van der Waals surface area (Å²) in [6, 6.07) is 39.5. The predicted molar refractivity (Wildman–Crippen MR) is 139 cm³/mol. The van der Waals surface area contributed by atoms with E-state index in [2.05, 4.69) is 103 Å². The SMILES string of the molecule is c1ccc2c(c1)Oc1cccc3cc(-c4ccc5ccc6cccc7ccc4c5c67)cc-2c13. The van der Waals surface area contributed by atoms with Gasteiger partial charge < -0.3 is 4.74 Å². The molecule has 0 atom stereocenters. The highest BCUT2D eigenvalue weighted by atomic mass is 16.5. The van der Waals surface area contributed by atoms with Crippen molar-refractivity contribution in [2.24, 2.45) is 0 Å². The Bertz CT molecular complexity index is 1880. The molecule has 7 aromatic rings.